The van der Waals surface area contributed by atoms with Crippen molar-refractivity contribution in [3.63, 3.8) is 0 Å². The maximum atomic E-state index is 10.4. The first-order valence-electron chi connectivity index (χ1n) is 5.50. The van der Waals surface area contributed by atoms with E-state index in [0.717, 1.165) is 6.07 Å². The fraction of sp³-hybridized carbons (Fsp3) is 0. The van der Waals surface area contributed by atoms with Crippen molar-refractivity contribution in [1.29, 1.82) is 0 Å². The third-order valence-corrected chi connectivity index (χ3v) is 2.20. The Bertz CT molecular complexity index is 630. The molecule has 0 radical (unpaired) electrons. The smallest absolute Gasteiger partial charge is 0.276 e. The van der Waals surface area contributed by atoms with Crippen LogP contribution in [0.5, 0.6) is 0 Å². The zero-order valence-electron chi connectivity index (χ0n) is 10.6. The van der Waals surface area contributed by atoms with Crippen molar-refractivity contribution in [1.82, 2.24) is 4.98 Å². The largest absolute Gasteiger partial charge is 0.366 e. The van der Waals surface area contributed by atoms with Crippen LogP contribution in [0.4, 0.5) is 11.4 Å². The van der Waals surface area contributed by atoms with Crippen LogP contribution in [0.15, 0.2) is 48.8 Å². The summed E-state index contributed by atoms with van der Waals surface area (Å²) in [5, 5.41) is 20.3. The van der Waals surface area contributed by atoms with E-state index >= 15 is 0 Å². The van der Waals surface area contributed by atoms with Crippen LogP contribution in [-0.4, -0.2) is 20.7 Å². The molecular formula is C12H10N4O5. The molecule has 1 aromatic carbocycles. The number of hydrogen-bond donors (Lipinski definition) is 1. The summed E-state index contributed by atoms with van der Waals surface area (Å²) >= 11 is 0. The number of carbonyl (C=O) groups is 1. The van der Waals surface area contributed by atoms with Crippen molar-refractivity contribution in [2.75, 3.05) is 0 Å². The summed E-state index contributed by atoms with van der Waals surface area (Å²) in [5.74, 6) is -0.442. The van der Waals surface area contributed by atoms with Crippen molar-refractivity contribution in [3.05, 3.63) is 74.6 Å². The number of primary amides is 1. The Morgan fingerprint density at radius 2 is 1.62 bits per heavy atom. The Morgan fingerprint density at radius 1 is 1.05 bits per heavy atom. The summed E-state index contributed by atoms with van der Waals surface area (Å²) in [7, 11) is 0. The van der Waals surface area contributed by atoms with Gasteiger partial charge >= 0.3 is 0 Å². The van der Waals surface area contributed by atoms with Crippen LogP contribution in [0.3, 0.4) is 0 Å². The number of pyridine rings is 1. The van der Waals surface area contributed by atoms with E-state index in [4.69, 9.17) is 5.73 Å². The highest BCUT2D eigenvalue weighted by Gasteiger charge is 2.11. The Balaban J connectivity index is 0.000000219. The number of rotatable bonds is 3. The molecule has 1 heterocycles. The maximum absolute atomic E-state index is 10.4. The highest BCUT2D eigenvalue weighted by molar-refractivity contribution is 5.92. The quantitative estimate of drug-likeness (QED) is 0.672. The molecule has 0 bridgehead atoms. The van der Waals surface area contributed by atoms with Crippen LogP contribution in [0.2, 0.25) is 0 Å². The van der Waals surface area contributed by atoms with Crippen LogP contribution < -0.4 is 5.73 Å². The number of nitro benzene ring substituents is 2. The Morgan fingerprint density at radius 3 is 1.95 bits per heavy atom. The molecule has 2 N–H and O–H groups in total. The highest BCUT2D eigenvalue weighted by Crippen LogP contribution is 2.18. The Kier molecular flexibility index (Phi) is 5.44. The molecule has 0 saturated heterocycles. The summed E-state index contributed by atoms with van der Waals surface area (Å²) in [6, 6.07) is 7.88. The number of nitrogens with two attached hydrogens (primary N) is 1. The first kappa shape index (κ1) is 15.7. The van der Waals surface area contributed by atoms with Gasteiger partial charge < -0.3 is 5.73 Å². The van der Waals surface area contributed by atoms with Crippen molar-refractivity contribution >= 4 is 17.3 Å². The van der Waals surface area contributed by atoms with Gasteiger partial charge in [-0.3, -0.25) is 30.0 Å². The van der Waals surface area contributed by atoms with Crippen LogP contribution in [-0.2, 0) is 0 Å². The van der Waals surface area contributed by atoms with E-state index < -0.39 is 15.8 Å². The molecule has 1 amide bonds. The third-order valence-electron chi connectivity index (χ3n) is 2.20. The molecule has 0 saturated carbocycles. The molecule has 0 atom stereocenters. The number of benzene rings is 1. The van der Waals surface area contributed by atoms with Gasteiger partial charge in [0.25, 0.3) is 11.4 Å². The highest BCUT2D eigenvalue weighted by atomic mass is 16.6. The second kappa shape index (κ2) is 7.28. The molecule has 9 heteroatoms. The molecule has 0 fully saturated rings. The minimum atomic E-state index is -0.674. The van der Waals surface area contributed by atoms with Crippen molar-refractivity contribution in [3.8, 4) is 0 Å². The average Bonchev–Trinajstić information content (AvgIpc) is 2.49. The van der Waals surface area contributed by atoms with Crippen LogP contribution >= 0.6 is 0 Å². The first-order chi connectivity index (χ1) is 9.91. The third kappa shape index (κ3) is 5.03. The lowest BCUT2D eigenvalue weighted by molar-refractivity contribution is -0.394. The predicted octanol–water partition coefficient (Wildman–Crippen LogP) is 1.68. The van der Waals surface area contributed by atoms with Crippen LogP contribution in [0.25, 0.3) is 0 Å². The zero-order valence-corrected chi connectivity index (χ0v) is 10.6. The summed E-state index contributed by atoms with van der Waals surface area (Å²) in [4.78, 5) is 33.1. The van der Waals surface area contributed by atoms with Crippen LogP contribution in [0, 0.1) is 20.2 Å². The molecule has 9 nitrogen and oxygen atoms in total. The van der Waals surface area contributed by atoms with Gasteiger partial charge in [-0.2, -0.15) is 0 Å². The number of aromatic nitrogens is 1. The first-order valence-corrected chi connectivity index (χ1v) is 5.50. The molecule has 0 aliphatic rings. The molecule has 0 aliphatic heterocycles. The maximum Gasteiger partial charge on any atom is 0.276 e. The second-order valence-electron chi connectivity index (χ2n) is 3.64. The Labute approximate surface area is 118 Å². The standard InChI is InChI=1S/C6H4N2O4.C6H6N2O/c9-7(10)5-2-1-3-6(4-5)8(11)12;7-6(9)5-2-1-3-8-4-5/h1-4H;1-4H,(H2,7,9). The van der Waals surface area contributed by atoms with Gasteiger partial charge in [0.2, 0.25) is 5.91 Å². The fourth-order valence-electron chi connectivity index (χ4n) is 1.23. The van der Waals surface area contributed by atoms with Gasteiger partial charge in [0.1, 0.15) is 0 Å². The predicted molar refractivity (Wildman–Crippen MR) is 72.5 cm³/mol. The summed E-state index contributed by atoms with van der Waals surface area (Å²) in [6.45, 7) is 0. The van der Waals surface area contributed by atoms with E-state index in [1.807, 2.05) is 0 Å². The number of carbonyl (C=O) groups excluding carboxylic acids is 1. The average molecular weight is 290 g/mol. The SMILES string of the molecule is NC(=O)c1cccnc1.O=[N+]([O-])c1cccc([N+](=O)[O-])c1. The lowest BCUT2D eigenvalue weighted by Crippen LogP contribution is -2.10. The van der Waals surface area contributed by atoms with Gasteiger partial charge in [-0.1, -0.05) is 0 Å². The number of nitrogens with zero attached hydrogens (tertiary/aromatic N) is 3. The molecule has 2 aromatic rings. The van der Waals surface area contributed by atoms with E-state index in [-0.39, 0.29) is 11.4 Å². The van der Waals surface area contributed by atoms with Gasteiger partial charge in [0.05, 0.1) is 21.5 Å². The zero-order chi connectivity index (χ0) is 15.8. The summed E-state index contributed by atoms with van der Waals surface area (Å²) < 4.78 is 0. The van der Waals surface area contributed by atoms with E-state index in [9.17, 15) is 25.0 Å². The molecule has 2 rings (SSSR count). The molecule has 0 spiro atoms. The van der Waals surface area contributed by atoms with E-state index in [1.54, 1.807) is 18.3 Å². The molecule has 21 heavy (non-hydrogen) atoms. The molecule has 1 aromatic heterocycles. The topological polar surface area (TPSA) is 142 Å². The molecule has 0 unspecified atom stereocenters. The molecule has 108 valence electrons. The number of amides is 1. The molecular weight excluding hydrogens is 280 g/mol. The number of non-ortho nitro benzene ring substituents is 2. The summed E-state index contributed by atoms with van der Waals surface area (Å²) in [5.41, 5.74) is 4.83. The van der Waals surface area contributed by atoms with Crippen molar-refractivity contribution in [2.45, 2.75) is 0 Å². The lowest BCUT2D eigenvalue weighted by atomic mass is 10.3. The van der Waals surface area contributed by atoms with E-state index in [2.05, 4.69) is 4.98 Å². The minimum Gasteiger partial charge on any atom is -0.366 e. The van der Waals surface area contributed by atoms with Gasteiger partial charge in [-0.05, 0) is 18.2 Å². The normalized spacial score (nSPS) is 9.14. The van der Waals surface area contributed by atoms with E-state index in [1.165, 1.54) is 24.4 Å². The van der Waals surface area contributed by atoms with Crippen molar-refractivity contribution < 1.29 is 14.6 Å². The van der Waals surface area contributed by atoms with Crippen molar-refractivity contribution in [2.24, 2.45) is 5.73 Å². The number of hydrogen-bond acceptors (Lipinski definition) is 6. The van der Waals surface area contributed by atoms with Gasteiger partial charge in [-0.15, -0.1) is 0 Å². The number of nitro groups is 2. The van der Waals surface area contributed by atoms with E-state index in [0.29, 0.717) is 5.56 Å². The lowest BCUT2D eigenvalue weighted by Gasteiger charge is -1.90. The fourth-order valence-corrected chi connectivity index (χ4v) is 1.23. The summed E-state index contributed by atoms with van der Waals surface area (Å²) in [6.07, 6.45) is 3.02. The second-order valence-corrected chi connectivity index (χ2v) is 3.64. The van der Waals surface area contributed by atoms with Gasteiger partial charge in [-0.25, -0.2) is 0 Å². The van der Waals surface area contributed by atoms with Crippen LogP contribution in [0.1, 0.15) is 10.4 Å². The minimum absolute atomic E-state index is 0.274. The van der Waals surface area contributed by atoms with Gasteiger partial charge in [0.15, 0.2) is 0 Å². The van der Waals surface area contributed by atoms with Gasteiger partial charge in [0, 0.05) is 24.5 Å². The Hall–Kier alpha value is -3.36. The molecule has 0 aliphatic carbocycles. The monoisotopic (exact) mass is 290 g/mol.